The van der Waals surface area contributed by atoms with Crippen LogP contribution in [0.2, 0.25) is 0 Å². The van der Waals surface area contributed by atoms with Crippen LogP contribution in [0.3, 0.4) is 0 Å². The average Bonchev–Trinajstić information content (AvgIpc) is 2.48. The lowest BCUT2D eigenvalue weighted by atomic mass is 9.97. The Morgan fingerprint density at radius 3 is 2.80 bits per heavy atom. The van der Waals surface area contributed by atoms with Crippen molar-refractivity contribution in [1.29, 1.82) is 0 Å². The van der Waals surface area contributed by atoms with Crippen molar-refractivity contribution in [2.75, 3.05) is 13.1 Å². The molecule has 0 aromatic rings. The Kier molecular flexibility index (Phi) is 6.67. The number of amides is 1. The molecule has 0 aromatic heterocycles. The van der Waals surface area contributed by atoms with Gasteiger partial charge in [0.25, 0.3) is 0 Å². The quantitative estimate of drug-likeness (QED) is 0.476. The second-order valence-corrected chi connectivity index (χ2v) is 4.52. The molecule has 0 spiro atoms. The van der Waals surface area contributed by atoms with Gasteiger partial charge >= 0.3 is 0 Å². The first-order valence-corrected chi connectivity index (χ1v) is 6.82. The first-order chi connectivity index (χ1) is 9.63. The fourth-order valence-electron chi connectivity index (χ4n) is 2.07. The minimum absolute atomic E-state index is 0. The van der Waals surface area contributed by atoms with Crippen molar-refractivity contribution in [3.8, 4) is 0 Å². The van der Waals surface area contributed by atoms with Crippen LogP contribution in [0.25, 0.3) is 0 Å². The van der Waals surface area contributed by atoms with Gasteiger partial charge in [0, 0.05) is 20.7 Å². The largest absolute Gasteiger partial charge is 0.335 e. The highest BCUT2D eigenvalue weighted by Gasteiger charge is 2.20. The number of aliphatic imine (C=N–C) groups is 1. The third-order valence-corrected chi connectivity index (χ3v) is 3.10. The van der Waals surface area contributed by atoms with Gasteiger partial charge in [0.2, 0.25) is 5.91 Å². The monoisotopic (exact) mass is 275 g/mol. The number of hydrogen-bond donors (Lipinski definition) is 1. The normalized spacial score (nSPS) is 18.4. The molecule has 0 saturated heterocycles. The number of allylic oxidation sites excluding steroid dienone is 2. The number of rotatable bonds is 5. The molecule has 0 fully saturated rings. The predicted molar refractivity (Wildman–Crippen MR) is 86.6 cm³/mol. The molecule has 1 aliphatic rings. The van der Waals surface area contributed by atoms with E-state index in [9.17, 15) is 4.79 Å². The third kappa shape index (κ3) is 4.31. The lowest BCUT2D eigenvalue weighted by molar-refractivity contribution is -0.125. The van der Waals surface area contributed by atoms with Gasteiger partial charge in [-0.05, 0) is 31.9 Å². The molecular formula is C16H25N3O. The molecule has 1 aliphatic heterocycles. The van der Waals surface area contributed by atoms with Crippen molar-refractivity contribution in [3.05, 3.63) is 48.7 Å². The van der Waals surface area contributed by atoms with Crippen molar-refractivity contribution in [2.24, 2.45) is 10.7 Å². The Morgan fingerprint density at radius 2 is 2.30 bits per heavy atom. The van der Waals surface area contributed by atoms with E-state index in [1.807, 2.05) is 38.2 Å². The number of hydrogen-bond acceptors (Lipinski definition) is 3. The Balaban J connectivity index is 0.00000400. The van der Waals surface area contributed by atoms with E-state index in [4.69, 9.17) is 5.73 Å². The lowest BCUT2D eigenvalue weighted by Crippen LogP contribution is -2.37. The van der Waals surface area contributed by atoms with Gasteiger partial charge < -0.3 is 10.6 Å². The summed E-state index contributed by atoms with van der Waals surface area (Å²) in [6.07, 6.45) is 11.6. The first-order valence-electron chi connectivity index (χ1n) is 6.82. The highest BCUT2D eigenvalue weighted by molar-refractivity contribution is 6.05. The van der Waals surface area contributed by atoms with Crippen molar-refractivity contribution < 1.29 is 6.22 Å². The minimum atomic E-state index is -0.218. The third-order valence-electron chi connectivity index (χ3n) is 3.10. The van der Waals surface area contributed by atoms with Crippen LogP contribution in [-0.4, -0.2) is 35.7 Å². The van der Waals surface area contributed by atoms with Crippen LogP contribution >= 0.6 is 0 Å². The Morgan fingerprint density at radius 1 is 1.55 bits per heavy atom. The zero-order chi connectivity index (χ0) is 15.0. The number of carbonyl (C=O) groups is 1. The molecular weight excluding hydrogens is 250 g/mol. The molecule has 0 saturated carbocycles. The van der Waals surface area contributed by atoms with E-state index in [2.05, 4.69) is 11.6 Å². The van der Waals surface area contributed by atoms with Crippen LogP contribution < -0.4 is 5.73 Å². The predicted octanol–water partition coefficient (Wildman–Crippen LogP) is 2.46. The molecule has 2 N–H and O–H groups in total. The fraction of sp³-hybridized carbons (Fsp3) is 0.375. The van der Waals surface area contributed by atoms with Crippen molar-refractivity contribution in [1.82, 2.24) is 4.90 Å². The maximum absolute atomic E-state index is 11.6. The minimum Gasteiger partial charge on any atom is -0.335 e. The van der Waals surface area contributed by atoms with E-state index in [0.29, 0.717) is 13.1 Å². The summed E-state index contributed by atoms with van der Waals surface area (Å²) in [5, 5.41) is 0. The van der Waals surface area contributed by atoms with Gasteiger partial charge in [0.15, 0.2) is 0 Å². The van der Waals surface area contributed by atoms with Crippen LogP contribution in [0.5, 0.6) is 0 Å². The molecule has 1 atom stereocenters. The van der Waals surface area contributed by atoms with E-state index < -0.39 is 0 Å². The van der Waals surface area contributed by atoms with Crippen molar-refractivity contribution in [2.45, 2.75) is 26.3 Å². The second kappa shape index (κ2) is 8.27. The van der Waals surface area contributed by atoms with Crippen LogP contribution in [-0.2, 0) is 4.79 Å². The number of nitrogens with zero attached hydrogens (tertiary/aromatic N) is 2. The smallest absolute Gasteiger partial charge is 0.246 e. The van der Waals surface area contributed by atoms with Crippen LogP contribution in [0, 0.1) is 0 Å². The molecule has 0 aromatic carbocycles. The van der Waals surface area contributed by atoms with E-state index in [1.54, 1.807) is 11.1 Å². The molecule has 4 nitrogen and oxygen atoms in total. The Hall–Kier alpha value is -1.94. The van der Waals surface area contributed by atoms with E-state index >= 15 is 0 Å². The molecule has 1 rings (SSSR count). The second-order valence-electron chi connectivity index (χ2n) is 4.52. The zero-order valence-electron chi connectivity index (χ0n) is 12.2. The molecule has 20 heavy (non-hydrogen) atoms. The first kappa shape index (κ1) is 16.1. The summed E-state index contributed by atoms with van der Waals surface area (Å²) < 4.78 is 0. The summed E-state index contributed by atoms with van der Waals surface area (Å²) in [5.41, 5.74) is 8.11. The van der Waals surface area contributed by atoms with Gasteiger partial charge in [-0.25, -0.2) is 0 Å². The van der Waals surface area contributed by atoms with Gasteiger partial charge in [-0.15, -0.1) is 0 Å². The summed E-state index contributed by atoms with van der Waals surface area (Å²) in [6, 6.07) is -0.218. The maximum atomic E-state index is 11.6. The van der Waals surface area contributed by atoms with Gasteiger partial charge in [0.05, 0.1) is 11.8 Å². The van der Waals surface area contributed by atoms with Gasteiger partial charge in [-0.1, -0.05) is 30.9 Å². The van der Waals surface area contributed by atoms with Gasteiger partial charge in [-0.3, -0.25) is 9.79 Å². The van der Waals surface area contributed by atoms with Crippen LogP contribution in [0.4, 0.5) is 0 Å². The SMILES string of the molecule is C=CC(=O)N1CC=C(C(=N/C=C\C)C(N)/C=C\C)CC1.[HH]. The van der Waals surface area contributed by atoms with Crippen LogP contribution in [0.1, 0.15) is 21.7 Å². The molecule has 1 amide bonds. The fourth-order valence-corrected chi connectivity index (χ4v) is 2.07. The van der Waals surface area contributed by atoms with E-state index in [0.717, 1.165) is 17.7 Å². The summed E-state index contributed by atoms with van der Waals surface area (Å²) in [4.78, 5) is 17.8. The van der Waals surface area contributed by atoms with E-state index in [1.165, 1.54) is 6.08 Å². The summed E-state index contributed by atoms with van der Waals surface area (Å²) in [7, 11) is 0. The molecule has 1 heterocycles. The molecule has 0 radical (unpaired) electrons. The van der Waals surface area contributed by atoms with Crippen LogP contribution in [0.15, 0.2) is 53.7 Å². The highest BCUT2D eigenvalue weighted by Crippen LogP contribution is 2.15. The molecule has 0 bridgehead atoms. The van der Waals surface area contributed by atoms with Gasteiger partial charge in [0.1, 0.15) is 0 Å². The Labute approximate surface area is 122 Å². The van der Waals surface area contributed by atoms with E-state index in [-0.39, 0.29) is 13.4 Å². The molecule has 1 unspecified atom stereocenters. The summed E-state index contributed by atoms with van der Waals surface area (Å²) in [5.74, 6) is -0.0370. The average molecular weight is 275 g/mol. The Bertz CT molecular complexity index is 478. The molecule has 110 valence electrons. The van der Waals surface area contributed by atoms with Crippen molar-refractivity contribution >= 4 is 11.6 Å². The number of nitrogens with two attached hydrogens (primary N) is 1. The van der Waals surface area contributed by atoms with Gasteiger partial charge in [-0.2, -0.15) is 0 Å². The maximum Gasteiger partial charge on any atom is 0.246 e. The zero-order valence-corrected chi connectivity index (χ0v) is 12.2. The number of carbonyl (C=O) groups excluding carboxylic acids is 1. The topological polar surface area (TPSA) is 58.7 Å². The van der Waals surface area contributed by atoms with Crippen molar-refractivity contribution in [3.63, 3.8) is 0 Å². The molecule has 4 heteroatoms. The molecule has 0 aliphatic carbocycles. The standard InChI is InChI=1S/C16H23N3O.H2/c1-4-7-14(17)16(18-10-5-2)13-8-11-19(12-9-13)15(20)6-3;/h4-8,10,14H,3,9,11-12,17H2,1-2H3;1H/b7-4-,10-5-,18-16?;. The summed E-state index contributed by atoms with van der Waals surface area (Å²) >= 11 is 0. The lowest BCUT2D eigenvalue weighted by Gasteiger charge is -2.27. The summed E-state index contributed by atoms with van der Waals surface area (Å²) in [6.45, 7) is 8.62. The highest BCUT2D eigenvalue weighted by atomic mass is 16.2.